The quantitative estimate of drug-likeness (QED) is 0.843. The summed E-state index contributed by atoms with van der Waals surface area (Å²) in [5, 5.41) is 0. The molecule has 0 saturated carbocycles. The van der Waals surface area contributed by atoms with Crippen molar-refractivity contribution in [3.8, 4) is 0 Å². The predicted octanol–water partition coefficient (Wildman–Crippen LogP) is 1.82. The van der Waals surface area contributed by atoms with Crippen LogP contribution in [-0.4, -0.2) is 58.6 Å². The van der Waals surface area contributed by atoms with E-state index in [4.69, 9.17) is 0 Å². The van der Waals surface area contributed by atoms with Crippen LogP contribution in [0.3, 0.4) is 0 Å². The Bertz CT molecular complexity index is 649. The van der Waals surface area contributed by atoms with Gasteiger partial charge in [-0.3, -0.25) is 4.57 Å². The Hall–Kier alpha value is -1.85. The fourth-order valence-corrected chi connectivity index (χ4v) is 3.40. The van der Waals surface area contributed by atoms with E-state index < -0.39 is 0 Å². The molecule has 1 N–H and O–H groups in total. The second-order valence-corrected chi connectivity index (χ2v) is 6.58. The normalized spacial score (nSPS) is 17.0. The molecule has 1 fully saturated rings. The monoisotopic (exact) mass is 328 g/mol. The molecule has 5 heteroatoms. The number of nitrogens with zero attached hydrogens (tertiary/aromatic N) is 3. The van der Waals surface area contributed by atoms with Gasteiger partial charge in [-0.1, -0.05) is 30.3 Å². The Balaban J connectivity index is 1.37. The number of rotatable bonds is 7. The van der Waals surface area contributed by atoms with Gasteiger partial charge in [0, 0.05) is 38.6 Å². The number of nitrogens with one attached hydrogen (secondary N) is 1. The summed E-state index contributed by atoms with van der Waals surface area (Å²) >= 11 is 0. The largest absolute Gasteiger partial charge is 0.325 e. The molecule has 1 aromatic carbocycles. The predicted molar refractivity (Wildman–Crippen MR) is 97.3 cm³/mol. The molecule has 3 rings (SSSR count). The van der Waals surface area contributed by atoms with Gasteiger partial charge in [-0.2, -0.15) is 0 Å². The first-order valence-electron chi connectivity index (χ1n) is 9.04. The van der Waals surface area contributed by atoms with E-state index in [-0.39, 0.29) is 5.69 Å². The minimum Gasteiger partial charge on any atom is -0.313 e. The highest BCUT2D eigenvalue weighted by Crippen LogP contribution is 2.07. The second kappa shape index (κ2) is 8.85. The first-order chi connectivity index (χ1) is 11.8. The zero-order chi connectivity index (χ0) is 16.6. The van der Waals surface area contributed by atoms with E-state index in [9.17, 15) is 4.79 Å². The topological polar surface area (TPSA) is 44.3 Å². The average Bonchev–Trinajstić information content (AvgIpc) is 2.88. The number of benzene rings is 1. The van der Waals surface area contributed by atoms with Gasteiger partial charge in [-0.05, 0) is 44.5 Å². The summed E-state index contributed by atoms with van der Waals surface area (Å²) in [4.78, 5) is 19.3. The van der Waals surface area contributed by atoms with Crippen LogP contribution in [0, 0.1) is 0 Å². The molecule has 130 valence electrons. The molecule has 1 aliphatic heterocycles. The third-order valence-electron chi connectivity index (χ3n) is 4.84. The molecule has 5 nitrogen and oxygen atoms in total. The van der Waals surface area contributed by atoms with Crippen LogP contribution in [0.2, 0.25) is 0 Å². The molecular weight excluding hydrogens is 300 g/mol. The molecule has 0 aliphatic carbocycles. The van der Waals surface area contributed by atoms with Crippen LogP contribution >= 0.6 is 0 Å². The Morgan fingerprint density at radius 1 is 0.917 bits per heavy atom. The molecule has 0 radical (unpaired) electrons. The summed E-state index contributed by atoms with van der Waals surface area (Å²) in [6.07, 6.45) is 7.14. The number of aromatic nitrogens is 2. The van der Waals surface area contributed by atoms with Crippen molar-refractivity contribution in [2.24, 2.45) is 0 Å². The van der Waals surface area contributed by atoms with Gasteiger partial charge in [0.2, 0.25) is 0 Å². The highest BCUT2D eigenvalue weighted by Gasteiger charge is 2.14. The number of aryl methyl sites for hydroxylation is 1. The summed E-state index contributed by atoms with van der Waals surface area (Å²) in [7, 11) is 0. The Morgan fingerprint density at radius 3 is 2.38 bits per heavy atom. The van der Waals surface area contributed by atoms with Crippen LogP contribution in [0.4, 0.5) is 0 Å². The molecule has 1 saturated heterocycles. The number of aromatic amines is 1. The highest BCUT2D eigenvalue weighted by molar-refractivity contribution is 5.14. The van der Waals surface area contributed by atoms with Crippen molar-refractivity contribution in [2.45, 2.75) is 25.8 Å². The molecule has 0 bridgehead atoms. The van der Waals surface area contributed by atoms with Gasteiger partial charge in [0.1, 0.15) is 0 Å². The van der Waals surface area contributed by atoms with Gasteiger partial charge in [-0.15, -0.1) is 0 Å². The van der Waals surface area contributed by atoms with Crippen molar-refractivity contribution >= 4 is 0 Å². The molecule has 0 atom stereocenters. The van der Waals surface area contributed by atoms with Crippen LogP contribution in [0.25, 0.3) is 0 Å². The molecular formula is C19H28N4O. The van der Waals surface area contributed by atoms with E-state index >= 15 is 0 Å². The number of H-pyrrole nitrogens is 1. The first kappa shape index (κ1) is 17.0. The lowest BCUT2D eigenvalue weighted by Crippen LogP contribution is -2.34. The van der Waals surface area contributed by atoms with Crippen molar-refractivity contribution < 1.29 is 0 Å². The zero-order valence-electron chi connectivity index (χ0n) is 14.4. The van der Waals surface area contributed by atoms with Crippen molar-refractivity contribution in [3.63, 3.8) is 0 Å². The van der Waals surface area contributed by atoms with Gasteiger partial charge in [-0.25, -0.2) is 4.79 Å². The lowest BCUT2D eigenvalue weighted by molar-refractivity contribution is 0.248. The van der Waals surface area contributed by atoms with E-state index in [0.717, 1.165) is 39.1 Å². The van der Waals surface area contributed by atoms with Gasteiger partial charge in [0.25, 0.3) is 0 Å². The highest BCUT2D eigenvalue weighted by atomic mass is 16.1. The summed E-state index contributed by atoms with van der Waals surface area (Å²) in [5.41, 5.74) is 1.43. The number of hydrogen-bond acceptors (Lipinski definition) is 3. The number of imidazole rings is 1. The van der Waals surface area contributed by atoms with Crippen molar-refractivity contribution in [1.82, 2.24) is 19.4 Å². The third-order valence-corrected chi connectivity index (χ3v) is 4.84. The van der Waals surface area contributed by atoms with E-state index in [1.165, 1.54) is 31.5 Å². The Morgan fingerprint density at radius 2 is 1.67 bits per heavy atom. The fourth-order valence-electron chi connectivity index (χ4n) is 3.40. The maximum atomic E-state index is 11.5. The van der Waals surface area contributed by atoms with Gasteiger partial charge < -0.3 is 14.8 Å². The van der Waals surface area contributed by atoms with Crippen LogP contribution in [-0.2, 0) is 13.0 Å². The molecule has 2 aromatic rings. The number of hydrogen-bond donors (Lipinski definition) is 1. The molecule has 0 amide bonds. The lowest BCUT2D eigenvalue weighted by Gasteiger charge is -2.21. The van der Waals surface area contributed by atoms with Gasteiger partial charge in [0.05, 0.1) is 0 Å². The average molecular weight is 328 g/mol. The molecule has 0 spiro atoms. The van der Waals surface area contributed by atoms with E-state index in [1.54, 1.807) is 10.8 Å². The fraction of sp³-hybridized carbons (Fsp3) is 0.526. The summed E-state index contributed by atoms with van der Waals surface area (Å²) in [5.74, 6) is 0. The lowest BCUT2D eigenvalue weighted by atomic mass is 10.1. The maximum absolute atomic E-state index is 11.5. The summed E-state index contributed by atoms with van der Waals surface area (Å²) < 4.78 is 1.75. The smallest absolute Gasteiger partial charge is 0.313 e. The Kier molecular flexibility index (Phi) is 6.26. The van der Waals surface area contributed by atoms with Crippen LogP contribution in [0.1, 0.15) is 18.4 Å². The van der Waals surface area contributed by atoms with E-state index in [2.05, 4.69) is 45.1 Å². The van der Waals surface area contributed by atoms with E-state index in [1.807, 2.05) is 6.20 Å². The third kappa shape index (κ3) is 5.08. The van der Waals surface area contributed by atoms with E-state index in [0.29, 0.717) is 0 Å². The summed E-state index contributed by atoms with van der Waals surface area (Å²) in [6, 6.07) is 10.7. The minimum atomic E-state index is -0.00707. The Labute approximate surface area is 143 Å². The van der Waals surface area contributed by atoms with Crippen molar-refractivity contribution in [2.75, 3.05) is 39.3 Å². The molecule has 1 aromatic heterocycles. The van der Waals surface area contributed by atoms with Gasteiger partial charge in [0.15, 0.2) is 0 Å². The second-order valence-electron chi connectivity index (χ2n) is 6.58. The molecule has 1 aliphatic rings. The van der Waals surface area contributed by atoms with Crippen molar-refractivity contribution in [1.29, 1.82) is 0 Å². The minimum absolute atomic E-state index is 0.00707. The van der Waals surface area contributed by atoms with Crippen LogP contribution in [0.5, 0.6) is 0 Å². The molecule has 2 heterocycles. The molecule has 24 heavy (non-hydrogen) atoms. The zero-order valence-corrected chi connectivity index (χ0v) is 14.4. The SMILES string of the molecule is O=c1[nH]ccn1CCN1CCCN(CCCc2ccccc2)CC1. The standard InChI is InChI=1S/C19H28N4O/c24-19-20-9-13-23(19)17-16-22-12-5-11-21(14-15-22)10-4-8-18-6-2-1-3-7-18/h1-3,6-7,9,13H,4-5,8,10-12,14-17H2,(H,20,24). The first-order valence-corrected chi connectivity index (χ1v) is 9.04. The van der Waals surface area contributed by atoms with Crippen molar-refractivity contribution in [3.05, 3.63) is 58.8 Å². The molecule has 0 unspecified atom stereocenters. The van der Waals surface area contributed by atoms with Gasteiger partial charge >= 0.3 is 5.69 Å². The maximum Gasteiger partial charge on any atom is 0.325 e. The van der Waals surface area contributed by atoms with Crippen LogP contribution < -0.4 is 5.69 Å². The summed E-state index contributed by atoms with van der Waals surface area (Å²) in [6.45, 7) is 7.47. The van der Waals surface area contributed by atoms with Crippen LogP contribution in [0.15, 0.2) is 47.5 Å².